The Labute approximate surface area is 101 Å². The van der Waals surface area contributed by atoms with Gasteiger partial charge in [0.1, 0.15) is 0 Å². The Bertz CT molecular complexity index is 175. The second-order valence-electron chi connectivity index (χ2n) is 4.90. The highest BCUT2D eigenvalue weighted by Crippen LogP contribution is 2.13. The van der Waals surface area contributed by atoms with Gasteiger partial charge in [0, 0.05) is 19.7 Å². The van der Waals surface area contributed by atoms with Crippen LogP contribution in [0.5, 0.6) is 0 Å². The number of rotatable bonds is 7. The molecule has 1 heterocycles. The number of likely N-dealkylation sites (tertiary alicyclic amines) is 1. The van der Waals surface area contributed by atoms with Crippen molar-refractivity contribution < 1.29 is 4.74 Å². The van der Waals surface area contributed by atoms with E-state index in [0.29, 0.717) is 12.1 Å². The minimum Gasteiger partial charge on any atom is -0.380 e. The van der Waals surface area contributed by atoms with E-state index in [4.69, 9.17) is 4.74 Å². The first-order valence-corrected chi connectivity index (χ1v) is 6.74. The smallest absolute Gasteiger partial charge is 0.0698 e. The first kappa shape index (κ1) is 13.9. The van der Waals surface area contributed by atoms with Crippen LogP contribution < -0.4 is 5.32 Å². The molecule has 0 amide bonds. The van der Waals surface area contributed by atoms with Crippen LogP contribution in [0.1, 0.15) is 39.5 Å². The van der Waals surface area contributed by atoms with E-state index in [0.717, 1.165) is 13.1 Å². The highest BCUT2D eigenvalue weighted by molar-refractivity contribution is 4.73. The van der Waals surface area contributed by atoms with Gasteiger partial charge in [-0.1, -0.05) is 6.92 Å². The van der Waals surface area contributed by atoms with Crippen LogP contribution >= 0.6 is 0 Å². The average Bonchev–Trinajstić information content (AvgIpc) is 2.30. The largest absolute Gasteiger partial charge is 0.380 e. The third kappa shape index (κ3) is 5.28. The Morgan fingerprint density at radius 3 is 3.00 bits per heavy atom. The van der Waals surface area contributed by atoms with Crippen molar-refractivity contribution in [2.45, 2.75) is 51.7 Å². The van der Waals surface area contributed by atoms with Crippen LogP contribution in [-0.4, -0.2) is 50.3 Å². The molecule has 0 bridgehead atoms. The molecular weight excluding hydrogens is 200 g/mol. The van der Waals surface area contributed by atoms with Crippen LogP contribution in [0, 0.1) is 0 Å². The molecule has 2 unspecified atom stereocenters. The van der Waals surface area contributed by atoms with Crippen LogP contribution in [0.15, 0.2) is 0 Å². The molecule has 16 heavy (non-hydrogen) atoms. The second-order valence-corrected chi connectivity index (χ2v) is 4.90. The lowest BCUT2D eigenvalue weighted by molar-refractivity contribution is 0.0307. The molecule has 0 radical (unpaired) electrons. The van der Waals surface area contributed by atoms with E-state index in [1.54, 1.807) is 0 Å². The van der Waals surface area contributed by atoms with Gasteiger partial charge < -0.3 is 15.0 Å². The first-order chi connectivity index (χ1) is 7.76. The second kappa shape index (κ2) is 8.04. The van der Waals surface area contributed by atoms with Crippen molar-refractivity contribution >= 4 is 0 Å². The lowest BCUT2D eigenvalue weighted by Crippen LogP contribution is -2.40. The fraction of sp³-hybridized carbons (Fsp3) is 1.00. The number of hydrogen-bond acceptors (Lipinski definition) is 3. The molecule has 96 valence electrons. The number of nitrogens with one attached hydrogen (secondary N) is 1. The van der Waals surface area contributed by atoms with Crippen LogP contribution in [0.25, 0.3) is 0 Å². The van der Waals surface area contributed by atoms with E-state index >= 15 is 0 Å². The summed E-state index contributed by atoms with van der Waals surface area (Å²) in [5.74, 6) is 0. The van der Waals surface area contributed by atoms with Crippen molar-refractivity contribution in [1.82, 2.24) is 10.2 Å². The predicted molar refractivity (Wildman–Crippen MR) is 68.8 cm³/mol. The van der Waals surface area contributed by atoms with Gasteiger partial charge in [-0.05, 0) is 52.2 Å². The van der Waals surface area contributed by atoms with Gasteiger partial charge in [0.25, 0.3) is 0 Å². The molecular formula is C13H28N2O. The molecule has 1 fully saturated rings. The van der Waals surface area contributed by atoms with E-state index in [1.165, 1.54) is 38.8 Å². The van der Waals surface area contributed by atoms with Gasteiger partial charge in [0.2, 0.25) is 0 Å². The summed E-state index contributed by atoms with van der Waals surface area (Å²) in [6.45, 7) is 9.15. The van der Waals surface area contributed by atoms with Crippen molar-refractivity contribution in [2.24, 2.45) is 0 Å². The van der Waals surface area contributed by atoms with Crippen molar-refractivity contribution in [1.29, 1.82) is 0 Å². The van der Waals surface area contributed by atoms with E-state index in [1.807, 2.05) is 7.11 Å². The zero-order valence-electron chi connectivity index (χ0n) is 11.2. The molecule has 2 atom stereocenters. The highest BCUT2D eigenvalue weighted by Gasteiger charge is 2.18. The summed E-state index contributed by atoms with van der Waals surface area (Å²) in [6, 6.07) is 0.660. The van der Waals surface area contributed by atoms with Crippen LogP contribution in [0.4, 0.5) is 0 Å². The maximum atomic E-state index is 5.43. The monoisotopic (exact) mass is 228 g/mol. The van der Waals surface area contributed by atoms with Crippen molar-refractivity contribution in [3.8, 4) is 0 Å². The highest BCUT2D eigenvalue weighted by atomic mass is 16.5. The zero-order valence-corrected chi connectivity index (χ0v) is 11.2. The predicted octanol–water partition coefficient (Wildman–Crippen LogP) is 1.88. The van der Waals surface area contributed by atoms with Gasteiger partial charge in [-0.15, -0.1) is 0 Å². The fourth-order valence-electron chi connectivity index (χ4n) is 2.48. The van der Waals surface area contributed by atoms with Gasteiger partial charge in [-0.25, -0.2) is 0 Å². The van der Waals surface area contributed by atoms with Crippen molar-refractivity contribution in [2.75, 3.05) is 33.3 Å². The zero-order chi connectivity index (χ0) is 11.8. The SMILES string of the molecule is CCNC(C)CCCN1CCCC(OC)C1. The lowest BCUT2D eigenvalue weighted by atomic mass is 10.1. The molecule has 0 aromatic heterocycles. The third-order valence-corrected chi connectivity index (χ3v) is 3.46. The summed E-state index contributed by atoms with van der Waals surface area (Å²) in [5.41, 5.74) is 0. The number of hydrogen-bond donors (Lipinski definition) is 1. The van der Waals surface area contributed by atoms with Crippen LogP contribution in [0.2, 0.25) is 0 Å². The summed E-state index contributed by atoms with van der Waals surface area (Å²) in [4.78, 5) is 2.55. The van der Waals surface area contributed by atoms with E-state index in [9.17, 15) is 0 Å². The van der Waals surface area contributed by atoms with Gasteiger partial charge in [-0.2, -0.15) is 0 Å². The summed E-state index contributed by atoms with van der Waals surface area (Å²) in [6.07, 6.45) is 5.58. The first-order valence-electron chi connectivity index (χ1n) is 6.74. The number of nitrogens with zero attached hydrogens (tertiary/aromatic N) is 1. The molecule has 1 saturated heterocycles. The molecule has 1 aliphatic rings. The van der Waals surface area contributed by atoms with Gasteiger partial charge >= 0.3 is 0 Å². The minimum atomic E-state index is 0.472. The van der Waals surface area contributed by atoms with E-state index in [2.05, 4.69) is 24.1 Å². The summed E-state index contributed by atoms with van der Waals surface area (Å²) < 4.78 is 5.43. The normalized spacial score (nSPS) is 24.6. The minimum absolute atomic E-state index is 0.472. The molecule has 0 aliphatic carbocycles. The standard InChI is InChI=1S/C13H28N2O/c1-4-14-12(2)7-5-9-15-10-6-8-13(11-15)16-3/h12-14H,4-11H2,1-3H3. The summed E-state index contributed by atoms with van der Waals surface area (Å²) >= 11 is 0. The average molecular weight is 228 g/mol. The summed E-state index contributed by atoms with van der Waals surface area (Å²) in [7, 11) is 1.83. The molecule has 0 spiro atoms. The molecule has 1 aliphatic heterocycles. The molecule has 1 N–H and O–H groups in total. The van der Waals surface area contributed by atoms with E-state index in [-0.39, 0.29) is 0 Å². The Morgan fingerprint density at radius 1 is 1.50 bits per heavy atom. The Hall–Kier alpha value is -0.120. The Kier molecular flexibility index (Phi) is 7.01. The Morgan fingerprint density at radius 2 is 2.31 bits per heavy atom. The van der Waals surface area contributed by atoms with Gasteiger partial charge in [-0.3, -0.25) is 0 Å². The fourth-order valence-corrected chi connectivity index (χ4v) is 2.48. The van der Waals surface area contributed by atoms with Crippen LogP contribution in [0.3, 0.4) is 0 Å². The topological polar surface area (TPSA) is 24.5 Å². The van der Waals surface area contributed by atoms with E-state index < -0.39 is 0 Å². The maximum absolute atomic E-state index is 5.43. The van der Waals surface area contributed by atoms with Gasteiger partial charge in [0.15, 0.2) is 0 Å². The Balaban J connectivity index is 2.08. The maximum Gasteiger partial charge on any atom is 0.0698 e. The number of piperidine rings is 1. The molecule has 3 nitrogen and oxygen atoms in total. The van der Waals surface area contributed by atoms with Gasteiger partial charge in [0.05, 0.1) is 6.10 Å². The lowest BCUT2D eigenvalue weighted by Gasteiger charge is -2.32. The molecule has 0 saturated carbocycles. The van der Waals surface area contributed by atoms with Crippen LogP contribution in [-0.2, 0) is 4.74 Å². The quantitative estimate of drug-likeness (QED) is 0.720. The van der Waals surface area contributed by atoms with Crippen molar-refractivity contribution in [3.63, 3.8) is 0 Å². The molecule has 1 rings (SSSR count). The molecule has 3 heteroatoms. The molecule has 0 aromatic rings. The molecule has 0 aromatic carbocycles. The number of ether oxygens (including phenoxy) is 1. The third-order valence-electron chi connectivity index (χ3n) is 3.46. The summed E-state index contributed by atoms with van der Waals surface area (Å²) in [5, 5.41) is 3.46. The number of methoxy groups -OCH3 is 1. The van der Waals surface area contributed by atoms with Crippen molar-refractivity contribution in [3.05, 3.63) is 0 Å².